The first-order valence-electron chi connectivity index (χ1n) is 10.6. The Morgan fingerprint density at radius 2 is 1.48 bits per heavy atom. The molecule has 3 rings (SSSR count). The number of aryl methyl sites for hydroxylation is 2. The summed E-state index contributed by atoms with van der Waals surface area (Å²) in [7, 11) is 1.62. The molecule has 1 N–H and O–H groups in total. The Kier molecular flexibility index (Phi) is 7.60. The highest BCUT2D eigenvalue weighted by Gasteiger charge is 2.30. The summed E-state index contributed by atoms with van der Waals surface area (Å²) in [6.45, 7) is 4.45. The maximum atomic E-state index is 13.5. The molecule has 0 radical (unpaired) electrons. The Hall–Kier alpha value is -3.40. The van der Waals surface area contributed by atoms with Gasteiger partial charge in [0.25, 0.3) is 0 Å². The molecule has 4 nitrogen and oxygen atoms in total. The molecule has 3 aromatic rings. The first kappa shape index (κ1) is 22.3. The second-order valence-corrected chi connectivity index (χ2v) is 7.93. The van der Waals surface area contributed by atoms with Gasteiger partial charge in [-0.1, -0.05) is 84.4 Å². The molecule has 2 amide bonds. The maximum Gasteiger partial charge on any atom is 0.242 e. The minimum absolute atomic E-state index is 0.0587. The second kappa shape index (κ2) is 10.6. The number of carbonyl (C=O) groups excluding carboxylic acids is 2. The Balaban J connectivity index is 1.94. The van der Waals surface area contributed by atoms with Crippen LogP contribution in [0.5, 0.6) is 0 Å². The zero-order chi connectivity index (χ0) is 22.2. The highest BCUT2D eigenvalue weighted by atomic mass is 16.2. The summed E-state index contributed by atoms with van der Waals surface area (Å²) >= 11 is 0. The van der Waals surface area contributed by atoms with Crippen molar-refractivity contribution in [1.82, 2.24) is 10.2 Å². The normalized spacial score (nSPS) is 11.6. The van der Waals surface area contributed by atoms with Crippen LogP contribution in [0.2, 0.25) is 0 Å². The van der Waals surface area contributed by atoms with Gasteiger partial charge in [-0.05, 0) is 36.1 Å². The molecule has 31 heavy (non-hydrogen) atoms. The van der Waals surface area contributed by atoms with Crippen LogP contribution in [0.1, 0.15) is 27.8 Å². The number of amides is 2. The summed E-state index contributed by atoms with van der Waals surface area (Å²) in [4.78, 5) is 28.2. The third-order valence-corrected chi connectivity index (χ3v) is 5.60. The monoisotopic (exact) mass is 414 g/mol. The summed E-state index contributed by atoms with van der Waals surface area (Å²) in [5.41, 5.74) is 5.27. The zero-order valence-corrected chi connectivity index (χ0v) is 18.5. The summed E-state index contributed by atoms with van der Waals surface area (Å²) in [5.74, 6) is -0.216. The standard InChI is InChI=1S/C27H30N2O2/c1-20-13-15-23(16-14-20)18-26(30)29(19-24-12-8-7-9-21(24)2)25(27(31)28-3)17-22-10-5-4-6-11-22/h4-16,25H,17-19H2,1-3H3,(H,28,31)/t25-/m1/s1. The van der Waals surface area contributed by atoms with E-state index in [1.165, 1.54) is 0 Å². The Bertz CT molecular complexity index is 1010. The number of carbonyl (C=O) groups is 2. The van der Waals surface area contributed by atoms with E-state index in [9.17, 15) is 9.59 Å². The Labute approximate surface area is 184 Å². The molecule has 0 spiro atoms. The van der Waals surface area contributed by atoms with Crippen molar-refractivity contribution in [2.24, 2.45) is 0 Å². The van der Waals surface area contributed by atoms with Gasteiger partial charge in [0.05, 0.1) is 6.42 Å². The van der Waals surface area contributed by atoms with Crippen LogP contribution >= 0.6 is 0 Å². The Morgan fingerprint density at radius 3 is 2.13 bits per heavy atom. The molecular weight excluding hydrogens is 384 g/mol. The van der Waals surface area contributed by atoms with Gasteiger partial charge in [0.2, 0.25) is 11.8 Å². The van der Waals surface area contributed by atoms with Crippen molar-refractivity contribution in [2.75, 3.05) is 7.05 Å². The van der Waals surface area contributed by atoms with Crippen LogP contribution in [-0.2, 0) is 29.0 Å². The predicted octanol–water partition coefficient (Wildman–Crippen LogP) is 4.23. The lowest BCUT2D eigenvalue weighted by Crippen LogP contribution is -2.50. The fourth-order valence-electron chi connectivity index (χ4n) is 3.67. The van der Waals surface area contributed by atoms with Crippen LogP contribution in [0.4, 0.5) is 0 Å². The second-order valence-electron chi connectivity index (χ2n) is 7.93. The van der Waals surface area contributed by atoms with E-state index in [4.69, 9.17) is 0 Å². The van der Waals surface area contributed by atoms with Crippen molar-refractivity contribution >= 4 is 11.8 Å². The van der Waals surface area contributed by atoms with Crippen molar-refractivity contribution in [2.45, 2.75) is 39.3 Å². The molecule has 4 heteroatoms. The summed E-state index contributed by atoms with van der Waals surface area (Å²) in [6.07, 6.45) is 0.723. The smallest absolute Gasteiger partial charge is 0.242 e. The van der Waals surface area contributed by atoms with E-state index in [-0.39, 0.29) is 18.2 Å². The van der Waals surface area contributed by atoms with Crippen LogP contribution in [0.3, 0.4) is 0 Å². The van der Waals surface area contributed by atoms with Crippen LogP contribution in [0.15, 0.2) is 78.9 Å². The largest absolute Gasteiger partial charge is 0.357 e. The van der Waals surface area contributed by atoms with E-state index in [0.717, 1.165) is 27.8 Å². The molecule has 0 aliphatic heterocycles. The molecule has 0 fully saturated rings. The lowest BCUT2D eigenvalue weighted by atomic mass is 10.0. The van der Waals surface area contributed by atoms with Gasteiger partial charge < -0.3 is 10.2 Å². The van der Waals surface area contributed by atoms with Gasteiger partial charge in [0, 0.05) is 20.0 Å². The van der Waals surface area contributed by atoms with Crippen molar-refractivity contribution in [1.29, 1.82) is 0 Å². The molecule has 0 saturated heterocycles. The minimum Gasteiger partial charge on any atom is -0.357 e. The third kappa shape index (κ3) is 6.05. The molecule has 1 atom stereocenters. The number of benzene rings is 3. The quantitative estimate of drug-likeness (QED) is 0.600. The van der Waals surface area contributed by atoms with Crippen LogP contribution in [0.25, 0.3) is 0 Å². The molecule has 0 unspecified atom stereocenters. The molecule has 160 valence electrons. The number of nitrogens with one attached hydrogen (secondary N) is 1. The van der Waals surface area contributed by atoms with Crippen LogP contribution < -0.4 is 5.32 Å². The van der Waals surface area contributed by atoms with Gasteiger partial charge in [-0.25, -0.2) is 0 Å². The molecule has 0 saturated carbocycles. The lowest BCUT2D eigenvalue weighted by Gasteiger charge is -2.31. The summed E-state index contributed by atoms with van der Waals surface area (Å²) in [6, 6.07) is 25.2. The lowest BCUT2D eigenvalue weighted by molar-refractivity contribution is -0.140. The number of hydrogen-bond donors (Lipinski definition) is 1. The first-order chi connectivity index (χ1) is 15.0. The van der Waals surface area contributed by atoms with E-state index < -0.39 is 6.04 Å². The molecule has 0 heterocycles. The molecule has 0 aromatic heterocycles. The summed E-state index contributed by atoms with van der Waals surface area (Å²) < 4.78 is 0. The van der Waals surface area contributed by atoms with Crippen molar-refractivity contribution in [3.05, 3.63) is 107 Å². The molecule has 0 bridgehead atoms. The van der Waals surface area contributed by atoms with Crippen molar-refractivity contribution in [3.8, 4) is 0 Å². The highest BCUT2D eigenvalue weighted by molar-refractivity contribution is 5.88. The highest BCUT2D eigenvalue weighted by Crippen LogP contribution is 2.18. The van der Waals surface area contributed by atoms with Gasteiger partial charge in [-0.15, -0.1) is 0 Å². The first-order valence-corrected chi connectivity index (χ1v) is 10.6. The fourth-order valence-corrected chi connectivity index (χ4v) is 3.67. The van der Waals surface area contributed by atoms with Crippen molar-refractivity contribution in [3.63, 3.8) is 0 Å². The molecule has 3 aromatic carbocycles. The van der Waals surface area contributed by atoms with Crippen LogP contribution in [-0.4, -0.2) is 29.8 Å². The van der Waals surface area contributed by atoms with Crippen molar-refractivity contribution < 1.29 is 9.59 Å². The van der Waals surface area contributed by atoms with E-state index in [1.807, 2.05) is 92.7 Å². The minimum atomic E-state index is -0.593. The van der Waals surface area contributed by atoms with Gasteiger partial charge in [0.15, 0.2) is 0 Å². The Morgan fingerprint density at radius 1 is 0.839 bits per heavy atom. The van der Waals surface area contributed by atoms with Gasteiger partial charge in [0.1, 0.15) is 6.04 Å². The third-order valence-electron chi connectivity index (χ3n) is 5.60. The number of hydrogen-bond acceptors (Lipinski definition) is 2. The van der Waals surface area contributed by atoms with E-state index in [0.29, 0.717) is 13.0 Å². The van der Waals surface area contributed by atoms with E-state index in [2.05, 4.69) is 5.32 Å². The van der Waals surface area contributed by atoms with Gasteiger partial charge >= 0.3 is 0 Å². The number of rotatable bonds is 8. The predicted molar refractivity (Wildman–Crippen MR) is 125 cm³/mol. The SMILES string of the molecule is CNC(=O)[C@@H](Cc1ccccc1)N(Cc1ccccc1C)C(=O)Cc1ccc(C)cc1. The van der Waals surface area contributed by atoms with Gasteiger partial charge in [-0.2, -0.15) is 0 Å². The van der Waals surface area contributed by atoms with E-state index >= 15 is 0 Å². The topological polar surface area (TPSA) is 49.4 Å². The average molecular weight is 415 g/mol. The molecule has 0 aliphatic carbocycles. The summed E-state index contributed by atoms with van der Waals surface area (Å²) in [5, 5.41) is 2.76. The average Bonchev–Trinajstić information content (AvgIpc) is 2.79. The number of likely N-dealkylation sites (N-methyl/N-ethyl adjacent to an activating group) is 1. The zero-order valence-electron chi connectivity index (χ0n) is 18.5. The molecule has 0 aliphatic rings. The fraction of sp³-hybridized carbons (Fsp3) is 0.259. The molecular formula is C27H30N2O2. The maximum absolute atomic E-state index is 13.5. The van der Waals surface area contributed by atoms with Gasteiger partial charge in [-0.3, -0.25) is 9.59 Å². The van der Waals surface area contributed by atoms with E-state index in [1.54, 1.807) is 11.9 Å². The van der Waals surface area contributed by atoms with Crippen LogP contribution in [0, 0.1) is 13.8 Å². The number of nitrogens with zero attached hydrogens (tertiary/aromatic N) is 1.